The van der Waals surface area contributed by atoms with E-state index < -0.39 is 0 Å². The van der Waals surface area contributed by atoms with E-state index in [9.17, 15) is 9.59 Å². The molecule has 0 spiro atoms. The van der Waals surface area contributed by atoms with E-state index in [1.54, 1.807) is 13.2 Å². The predicted molar refractivity (Wildman–Crippen MR) is 82.4 cm³/mol. The maximum atomic E-state index is 11.7. The number of nitrogens with zero attached hydrogens (tertiary/aromatic N) is 3. The second kappa shape index (κ2) is 7.74. The number of rotatable bonds is 5. The van der Waals surface area contributed by atoms with Crippen molar-refractivity contribution in [3.05, 3.63) is 23.9 Å². The topological polar surface area (TPSA) is 74.8 Å². The van der Waals surface area contributed by atoms with Crippen molar-refractivity contribution in [1.29, 1.82) is 0 Å². The predicted octanol–water partition coefficient (Wildman–Crippen LogP) is 0.0127. The number of nitrogens with one attached hydrogen (secondary N) is 1. The smallest absolute Gasteiger partial charge is 0.239 e. The highest BCUT2D eigenvalue weighted by Gasteiger charge is 2.12. The minimum atomic E-state index is -0.185. The van der Waals surface area contributed by atoms with Gasteiger partial charge in [-0.25, -0.2) is 4.98 Å². The van der Waals surface area contributed by atoms with Crippen LogP contribution in [0.1, 0.15) is 12.5 Å². The number of hydrogen-bond acceptors (Lipinski definition) is 5. The first kappa shape index (κ1) is 16.2. The van der Waals surface area contributed by atoms with Crippen molar-refractivity contribution in [2.24, 2.45) is 0 Å². The molecule has 1 aromatic rings. The molecule has 0 atom stereocenters. The van der Waals surface area contributed by atoms with Gasteiger partial charge in [-0.2, -0.15) is 0 Å². The molecule has 22 heavy (non-hydrogen) atoms. The van der Waals surface area contributed by atoms with Crippen LogP contribution in [0.2, 0.25) is 0 Å². The first-order valence-corrected chi connectivity index (χ1v) is 7.32. The molecule has 1 N–H and O–H groups in total. The summed E-state index contributed by atoms with van der Waals surface area (Å²) >= 11 is 0. The second-order valence-electron chi connectivity index (χ2n) is 5.28. The molecule has 2 rings (SSSR count). The van der Waals surface area contributed by atoms with Gasteiger partial charge in [-0.05, 0) is 11.6 Å². The van der Waals surface area contributed by atoms with E-state index in [0.29, 0.717) is 6.54 Å². The summed E-state index contributed by atoms with van der Waals surface area (Å²) in [5, 5.41) is 2.78. The van der Waals surface area contributed by atoms with E-state index in [4.69, 9.17) is 4.74 Å². The Labute approximate surface area is 130 Å². The lowest BCUT2D eigenvalue weighted by atomic mass is 10.2. The number of hydrogen-bond donors (Lipinski definition) is 1. The zero-order valence-corrected chi connectivity index (χ0v) is 13.0. The van der Waals surface area contributed by atoms with Crippen LogP contribution >= 0.6 is 0 Å². The first-order valence-electron chi connectivity index (χ1n) is 7.32. The average Bonchev–Trinajstić information content (AvgIpc) is 2.54. The fourth-order valence-corrected chi connectivity index (χ4v) is 2.08. The highest BCUT2D eigenvalue weighted by molar-refractivity contribution is 5.83. The Morgan fingerprint density at radius 2 is 2.09 bits per heavy atom. The van der Waals surface area contributed by atoms with E-state index in [0.717, 1.165) is 37.7 Å². The van der Waals surface area contributed by atoms with E-state index in [-0.39, 0.29) is 18.4 Å². The third-order valence-electron chi connectivity index (χ3n) is 3.55. The maximum Gasteiger partial charge on any atom is 0.239 e. The standard InChI is InChI=1S/C15H22N4O3/c1-12(20)18(2)11-15(21)17-10-13-3-4-14(16-9-13)19-5-7-22-8-6-19/h3-4,9H,5-8,10-11H2,1-2H3,(H,17,21). The molecule has 1 fully saturated rings. The maximum absolute atomic E-state index is 11.7. The van der Waals surface area contributed by atoms with E-state index in [1.807, 2.05) is 12.1 Å². The average molecular weight is 306 g/mol. The Morgan fingerprint density at radius 1 is 1.36 bits per heavy atom. The molecular formula is C15H22N4O3. The quantitative estimate of drug-likeness (QED) is 0.829. The van der Waals surface area contributed by atoms with Crippen LogP contribution in [0.5, 0.6) is 0 Å². The van der Waals surface area contributed by atoms with Crippen LogP contribution in [0.4, 0.5) is 5.82 Å². The SMILES string of the molecule is CC(=O)N(C)CC(=O)NCc1ccc(N2CCOCC2)nc1. The third kappa shape index (κ3) is 4.70. The second-order valence-corrected chi connectivity index (χ2v) is 5.28. The zero-order chi connectivity index (χ0) is 15.9. The minimum Gasteiger partial charge on any atom is -0.378 e. The third-order valence-corrected chi connectivity index (χ3v) is 3.55. The van der Waals surface area contributed by atoms with Gasteiger partial charge in [0.2, 0.25) is 11.8 Å². The summed E-state index contributed by atoms with van der Waals surface area (Å²) < 4.78 is 5.31. The van der Waals surface area contributed by atoms with Crippen LogP contribution in [0, 0.1) is 0 Å². The summed E-state index contributed by atoms with van der Waals surface area (Å²) in [5.41, 5.74) is 0.927. The van der Waals surface area contributed by atoms with Gasteiger partial charge in [0.15, 0.2) is 0 Å². The number of likely N-dealkylation sites (N-methyl/N-ethyl adjacent to an activating group) is 1. The van der Waals surface area contributed by atoms with Crippen LogP contribution in [0.25, 0.3) is 0 Å². The van der Waals surface area contributed by atoms with Crippen molar-refractivity contribution >= 4 is 17.6 Å². The number of aromatic nitrogens is 1. The lowest BCUT2D eigenvalue weighted by Gasteiger charge is -2.27. The van der Waals surface area contributed by atoms with Crippen LogP contribution in [-0.4, -0.2) is 61.6 Å². The van der Waals surface area contributed by atoms with Crippen molar-refractivity contribution in [2.45, 2.75) is 13.5 Å². The Balaban J connectivity index is 1.81. The molecule has 0 aliphatic carbocycles. The number of morpholine rings is 1. The molecule has 1 aliphatic heterocycles. The van der Waals surface area contributed by atoms with Crippen LogP contribution in [0.15, 0.2) is 18.3 Å². The summed E-state index contributed by atoms with van der Waals surface area (Å²) in [6.45, 7) is 5.05. The Morgan fingerprint density at radius 3 is 2.68 bits per heavy atom. The molecule has 0 radical (unpaired) electrons. The molecule has 0 bridgehead atoms. The Bertz CT molecular complexity index is 512. The summed E-state index contributed by atoms with van der Waals surface area (Å²) in [4.78, 5) is 30.7. The van der Waals surface area contributed by atoms with Gasteiger partial charge < -0.3 is 19.9 Å². The summed E-state index contributed by atoms with van der Waals surface area (Å²) in [7, 11) is 1.60. The van der Waals surface area contributed by atoms with Crippen LogP contribution in [-0.2, 0) is 20.9 Å². The molecule has 7 heteroatoms. The molecule has 1 saturated heterocycles. The van der Waals surface area contributed by atoms with Crippen molar-refractivity contribution in [3.63, 3.8) is 0 Å². The first-order chi connectivity index (χ1) is 10.6. The molecule has 0 aromatic carbocycles. The molecule has 0 unspecified atom stereocenters. The summed E-state index contributed by atoms with van der Waals surface area (Å²) in [6.07, 6.45) is 1.76. The monoisotopic (exact) mass is 306 g/mol. The highest BCUT2D eigenvalue weighted by Crippen LogP contribution is 2.12. The number of anilines is 1. The number of carbonyl (C=O) groups excluding carboxylic acids is 2. The lowest BCUT2D eigenvalue weighted by Crippen LogP contribution is -2.37. The fraction of sp³-hybridized carbons (Fsp3) is 0.533. The number of amides is 2. The molecule has 1 aliphatic rings. The molecule has 2 amide bonds. The van der Waals surface area contributed by atoms with Gasteiger partial charge in [0, 0.05) is 39.8 Å². The molecular weight excluding hydrogens is 284 g/mol. The van der Waals surface area contributed by atoms with Gasteiger partial charge in [0.25, 0.3) is 0 Å². The van der Waals surface area contributed by atoms with Crippen molar-refractivity contribution in [1.82, 2.24) is 15.2 Å². The zero-order valence-electron chi connectivity index (χ0n) is 13.0. The summed E-state index contributed by atoms with van der Waals surface area (Å²) in [6, 6.07) is 3.90. The number of ether oxygens (including phenoxy) is 1. The van der Waals surface area contributed by atoms with Gasteiger partial charge >= 0.3 is 0 Å². The molecule has 1 aromatic heterocycles. The van der Waals surface area contributed by atoms with Crippen LogP contribution in [0.3, 0.4) is 0 Å². The summed E-state index contributed by atoms with van der Waals surface area (Å²) in [5.74, 6) is 0.608. The van der Waals surface area contributed by atoms with Crippen LogP contribution < -0.4 is 10.2 Å². The van der Waals surface area contributed by atoms with Gasteiger partial charge in [0.1, 0.15) is 5.82 Å². The van der Waals surface area contributed by atoms with Gasteiger partial charge in [0.05, 0.1) is 19.8 Å². The van der Waals surface area contributed by atoms with Gasteiger partial charge in [-0.1, -0.05) is 6.07 Å². The largest absolute Gasteiger partial charge is 0.378 e. The van der Waals surface area contributed by atoms with Crippen molar-refractivity contribution in [3.8, 4) is 0 Å². The minimum absolute atomic E-state index is 0.0641. The van der Waals surface area contributed by atoms with Gasteiger partial charge in [-0.3, -0.25) is 9.59 Å². The number of pyridine rings is 1. The van der Waals surface area contributed by atoms with Gasteiger partial charge in [-0.15, -0.1) is 0 Å². The van der Waals surface area contributed by atoms with E-state index >= 15 is 0 Å². The Hall–Kier alpha value is -2.15. The lowest BCUT2D eigenvalue weighted by molar-refractivity contribution is -0.133. The van der Waals surface area contributed by atoms with Crippen molar-refractivity contribution < 1.29 is 14.3 Å². The fourth-order valence-electron chi connectivity index (χ4n) is 2.08. The van der Waals surface area contributed by atoms with E-state index in [1.165, 1.54) is 11.8 Å². The molecule has 7 nitrogen and oxygen atoms in total. The highest BCUT2D eigenvalue weighted by atomic mass is 16.5. The molecule has 2 heterocycles. The number of carbonyl (C=O) groups is 2. The van der Waals surface area contributed by atoms with Crippen molar-refractivity contribution in [2.75, 3.05) is 44.8 Å². The normalized spacial score (nSPS) is 14.5. The van der Waals surface area contributed by atoms with E-state index in [2.05, 4.69) is 15.2 Å². The molecule has 120 valence electrons. The molecule has 0 saturated carbocycles. The Kier molecular flexibility index (Phi) is 5.71.